The number of nitrogens with one attached hydrogen (secondary N) is 2. The van der Waals surface area contributed by atoms with Crippen LogP contribution in [0.1, 0.15) is 105 Å². The molecule has 0 amide bonds. The number of hydrogen-bond donors (Lipinski definition) is 2. The summed E-state index contributed by atoms with van der Waals surface area (Å²) in [6.45, 7) is 22.1. The molecule has 2 aliphatic rings. The Balaban J connectivity index is 1.16. The summed E-state index contributed by atoms with van der Waals surface area (Å²) < 4.78 is 0. The molecular weight excluding hydrogens is 801 g/mol. The van der Waals surface area contributed by atoms with E-state index in [0.717, 1.165) is 58.4 Å². The molecule has 0 radical (unpaired) electrons. The molecular formula is C62H58N4. The van der Waals surface area contributed by atoms with Gasteiger partial charge in [0.2, 0.25) is 0 Å². The molecule has 0 atom stereocenters. The van der Waals surface area contributed by atoms with Crippen LogP contribution in [0, 0.1) is 55.4 Å². The molecule has 4 nitrogen and oxygen atoms in total. The minimum Gasteiger partial charge on any atom is -0.339 e. The first-order chi connectivity index (χ1) is 31.9. The van der Waals surface area contributed by atoms with Crippen molar-refractivity contribution in [2.24, 2.45) is 9.98 Å². The van der Waals surface area contributed by atoms with Crippen LogP contribution in [0.15, 0.2) is 155 Å². The summed E-state index contributed by atoms with van der Waals surface area (Å²) in [5.74, 6) is 1.74. The molecule has 66 heavy (non-hydrogen) atoms. The number of amidine groups is 2. The average molecular weight is 859 g/mol. The predicted octanol–water partition coefficient (Wildman–Crippen LogP) is 15.5. The van der Waals surface area contributed by atoms with E-state index >= 15 is 0 Å². The molecule has 0 aliphatic carbocycles. The molecule has 2 aliphatic heterocycles. The highest BCUT2D eigenvalue weighted by atomic mass is 15.0. The fraction of sp³-hybridized carbons (Fsp3) is 0.194. The summed E-state index contributed by atoms with van der Waals surface area (Å²) in [5.41, 5.74) is 23.5. The second kappa shape index (κ2) is 16.9. The fourth-order valence-electron chi connectivity index (χ4n) is 10.7. The molecule has 2 N–H and O–H groups in total. The highest BCUT2D eigenvalue weighted by Gasteiger charge is 2.24. The topological polar surface area (TPSA) is 48.8 Å². The van der Waals surface area contributed by atoms with E-state index < -0.39 is 0 Å². The maximum absolute atomic E-state index is 5.55. The Morgan fingerprint density at radius 1 is 0.348 bits per heavy atom. The van der Waals surface area contributed by atoms with Crippen molar-refractivity contribution in [3.05, 3.63) is 223 Å². The first-order valence-corrected chi connectivity index (χ1v) is 23.4. The number of benzene rings is 8. The van der Waals surface area contributed by atoms with E-state index in [9.17, 15) is 0 Å². The molecule has 0 saturated heterocycles. The van der Waals surface area contributed by atoms with E-state index in [4.69, 9.17) is 9.98 Å². The van der Waals surface area contributed by atoms with E-state index in [1.807, 2.05) is 0 Å². The SMILES string of the molecule is CC1=C(c2ccc3ccc4c(C5=C(C)C/C=C(\c6c(C)cccc6C)N=C(c6c(C)cccc6C)N5)ccc5ccc2c3c54)NC(c2c(C)cccc2C)=N/C(c2c(C)cccc2C)=C/C1. The Morgan fingerprint density at radius 3 is 0.985 bits per heavy atom. The lowest BCUT2D eigenvalue weighted by Gasteiger charge is -2.25. The van der Waals surface area contributed by atoms with Gasteiger partial charge in [-0.15, -0.1) is 0 Å². The maximum atomic E-state index is 5.55. The van der Waals surface area contributed by atoms with E-state index in [-0.39, 0.29) is 0 Å². The first-order valence-electron chi connectivity index (χ1n) is 23.4. The van der Waals surface area contributed by atoms with Crippen LogP contribution < -0.4 is 10.6 Å². The molecule has 326 valence electrons. The summed E-state index contributed by atoms with van der Waals surface area (Å²) in [5, 5.41) is 15.5. The standard InChI is InChI=1S/C62H58N4/c1-35-15-11-16-36(2)53(35)51-33-23-43(9)59(65-61(63-51)55-39(5)19-13-20-40(55)6)49-31-27-45-26-30-48-50(32-28-46-25-29-47(49)57(45)58(46)48)60-44(10)24-34-52(54-37(3)17-12-18-38(54)4)64-62(66-60)56-41(7)21-14-22-42(56)8/h11-22,25-34H,23-24H2,1-10H3,(H,63,65)(H,64,66)/b51-33+,52-34+,59-43?,60-44?. The number of nitrogens with zero attached hydrogens (tertiary/aromatic N) is 2. The molecule has 0 unspecified atom stereocenters. The van der Waals surface area contributed by atoms with Crippen LogP contribution in [0.4, 0.5) is 0 Å². The van der Waals surface area contributed by atoms with Crippen LogP contribution in [-0.4, -0.2) is 11.7 Å². The van der Waals surface area contributed by atoms with Gasteiger partial charge in [-0.25, -0.2) is 9.98 Å². The van der Waals surface area contributed by atoms with Crippen molar-refractivity contribution in [2.75, 3.05) is 0 Å². The van der Waals surface area contributed by atoms with Crippen LogP contribution in [0.25, 0.3) is 55.1 Å². The van der Waals surface area contributed by atoms with Crippen LogP contribution in [0.5, 0.6) is 0 Å². The normalized spacial score (nSPS) is 16.5. The van der Waals surface area contributed by atoms with Crippen molar-refractivity contribution in [1.82, 2.24) is 10.6 Å². The number of hydrogen-bond acceptors (Lipinski definition) is 4. The molecule has 0 bridgehead atoms. The highest BCUT2D eigenvalue weighted by Crippen LogP contribution is 2.42. The van der Waals surface area contributed by atoms with Crippen molar-refractivity contribution in [2.45, 2.75) is 82.1 Å². The summed E-state index contributed by atoms with van der Waals surface area (Å²) in [7, 11) is 0. The predicted molar refractivity (Wildman–Crippen MR) is 284 cm³/mol. The van der Waals surface area contributed by atoms with Gasteiger partial charge in [-0.3, -0.25) is 0 Å². The van der Waals surface area contributed by atoms with Gasteiger partial charge in [0.25, 0.3) is 0 Å². The molecule has 8 aromatic rings. The third kappa shape index (κ3) is 7.35. The van der Waals surface area contributed by atoms with Crippen molar-refractivity contribution >= 4 is 66.8 Å². The quantitative estimate of drug-likeness (QED) is 0.164. The lowest BCUT2D eigenvalue weighted by atomic mass is 9.87. The van der Waals surface area contributed by atoms with Crippen molar-refractivity contribution in [3.8, 4) is 0 Å². The molecule has 0 aromatic heterocycles. The number of rotatable bonds is 6. The van der Waals surface area contributed by atoms with Crippen molar-refractivity contribution < 1.29 is 0 Å². The van der Waals surface area contributed by atoms with E-state index in [0.29, 0.717) is 0 Å². The van der Waals surface area contributed by atoms with Crippen LogP contribution in [0.3, 0.4) is 0 Å². The minimum absolute atomic E-state index is 0.768. The van der Waals surface area contributed by atoms with Crippen LogP contribution >= 0.6 is 0 Å². The smallest absolute Gasteiger partial charge is 0.138 e. The van der Waals surface area contributed by atoms with E-state index in [1.165, 1.54) is 110 Å². The molecule has 10 rings (SSSR count). The number of aryl methyl sites for hydroxylation is 8. The van der Waals surface area contributed by atoms with E-state index in [1.54, 1.807) is 0 Å². The lowest BCUT2D eigenvalue weighted by molar-refractivity contribution is 1.12. The Bertz CT molecular complexity index is 3200. The van der Waals surface area contributed by atoms with Gasteiger partial charge in [0.1, 0.15) is 11.7 Å². The van der Waals surface area contributed by atoms with Gasteiger partial charge in [-0.2, -0.15) is 0 Å². The summed E-state index contributed by atoms with van der Waals surface area (Å²) in [6.07, 6.45) is 6.19. The summed E-state index contributed by atoms with van der Waals surface area (Å²) in [6, 6.07) is 44.6. The highest BCUT2D eigenvalue weighted by molar-refractivity contribution is 6.27. The zero-order chi connectivity index (χ0) is 46.0. The van der Waals surface area contributed by atoms with Gasteiger partial charge in [0.15, 0.2) is 0 Å². The zero-order valence-electron chi connectivity index (χ0n) is 40.0. The van der Waals surface area contributed by atoms with Gasteiger partial charge >= 0.3 is 0 Å². The molecule has 2 heterocycles. The third-order valence-corrected chi connectivity index (χ3v) is 14.1. The molecule has 0 saturated carbocycles. The monoisotopic (exact) mass is 858 g/mol. The largest absolute Gasteiger partial charge is 0.339 e. The second-order valence-electron chi connectivity index (χ2n) is 18.8. The number of aliphatic imine (C=N–C) groups is 2. The average Bonchev–Trinajstić information content (AvgIpc) is 3.28. The van der Waals surface area contributed by atoms with Crippen LogP contribution in [0.2, 0.25) is 0 Å². The molecule has 0 fully saturated rings. The van der Waals surface area contributed by atoms with Gasteiger partial charge in [0.05, 0.1) is 11.4 Å². The van der Waals surface area contributed by atoms with Gasteiger partial charge < -0.3 is 10.6 Å². The third-order valence-electron chi connectivity index (χ3n) is 14.1. The minimum atomic E-state index is 0.768. The number of allylic oxidation sites excluding steroid dienone is 4. The second-order valence-corrected chi connectivity index (χ2v) is 18.8. The van der Waals surface area contributed by atoms with Gasteiger partial charge in [-0.05, 0) is 170 Å². The maximum Gasteiger partial charge on any atom is 0.138 e. The van der Waals surface area contributed by atoms with E-state index in [2.05, 4.69) is 213 Å². The molecule has 4 heteroatoms. The zero-order valence-corrected chi connectivity index (χ0v) is 40.0. The molecule has 8 aromatic carbocycles. The summed E-state index contributed by atoms with van der Waals surface area (Å²) >= 11 is 0. The van der Waals surface area contributed by atoms with Crippen molar-refractivity contribution in [3.63, 3.8) is 0 Å². The van der Waals surface area contributed by atoms with Crippen LogP contribution in [-0.2, 0) is 0 Å². The Morgan fingerprint density at radius 2 is 0.652 bits per heavy atom. The summed E-state index contributed by atoms with van der Waals surface area (Å²) in [4.78, 5) is 11.1. The Hall–Kier alpha value is -7.30. The Labute approximate surface area is 390 Å². The fourth-order valence-corrected chi connectivity index (χ4v) is 10.7. The van der Waals surface area contributed by atoms with Gasteiger partial charge in [0, 0.05) is 44.8 Å². The first kappa shape index (κ1) is 42.6. The molecule has 0 spiro atoms. The van der Waals surface area contributed by atoms with Crippen molar-refractivity contribution in [1.29, 1.82) is 0 Å². The van der Waals surface area contributed by atoms with Gasteiger partial charge in [-0.1, -0.05) is 133 Å². The Kier molecular flexibility index (Phi) is 10.9. The lowest BCUT2D eigenvalue weighted by Crippen LogP contribution is -2.27.